The molecule has 0 aliphatic heterocycles. The van der Waals surface area contributed by atoms with Crippen LogP contribution in [0.2, 0.25) is 0 Å². The summed E-state index contributed by atoms with van der Waals surface area (Å²) in [6, 6.07) is 0. The molecule has 0 aromatic carbocycles. The highest BCUT2D eigenvalue weighted by atomic mass is 17.2. The second-order valence-electron chi connectivity index (χ2n) is 9.87. The number of rotatable bonds is 6. The molecule has 0 saturated heterocycles. The predicted molar refractivity (Wildman–Crippen MR) is 104 cm³/mol. The molecule has 2 rings (SSSR count). The van der Waals surface area contributed by atoms with Crippen LogP contribution in [0.25, 0.3) is 0 Å². The van der Waals surface area contributed by atoms with E-state index in [2.05, 4.69) is 0 Å². The summed E-state index contributed by atoms with van der Waals surface area (Å²) in [5.74, 6) is 0. The van der Waals surface area contributed by atoms with Crippen LogP contribution >= 0.6 is 0 Å². The molecule has 0 atom stereocenters. The molecule has 2 aliphatic rings. The van der Waals surface area contributed by atoms with E-state index in [1.54, 1.807) is 0 Å². The first-order chi connectivity index (χ1) is 13.0. The highest BCUT2D eigenvalue weighted by Crippen LogP contribution is 2.28. The van der Waals surface area contributed by atoms with Crippen molar-refractivity contribution in [1.82, 2.24) is 0 Å². The largest absolute Gasteiger partial charge is 0.508 e. The molecule has 7 nitrogen and oxygen atoms in total. The summed E-state index contributed by atoms with van der Waals surface area (Å²) in [4.78, 5) is 33.8. The van der Waals surface area contributed by atoms with E-state index in [4.69, 9.17) is 29.0 Å². The summed E-state index contributed by atoms with van der Waals surface area (Å²) in [7, 11) is 0. The summed E-state index contributed by atoms with van der Waals surface area (Å²) in [6.45, 7) is 11.7. The van der Waals surface area contributed by atoms with Gasteiger partial charge in [-0.05, 0) is 92.9 Å². The SMILES string of the molecule is CC(C)(C)OOC1CCC(OC(=O)OC2CCC(OOC(C)(C)C)CC2)CC1. The average molecular weight is 403 g/mol. The van der Waals surface area contributed by atoms with Gasteiger partial charge >= 0.3 is 6.16 Å². The van der Waals surface area contributed by atoms with E-state index in [9.17, 15) is 4.79 Å². The number of hydrogen-bond donors (Lipinski definition) is 0. The van der Waals surface area contributed by atoms with Crippen molar-refractivity contribution < 1.29 is 33.8 Å². The second-order valence-corrected chi connectivity index (χ2v) is 9.87. The van der Waals surface area contributed by atoms with Crippen molar-refractivity contribution in [3.05, 3.63) is 0 Å². The van der Waals surface area contributed by atoms with Gasteiger partial charge in [0, 0.05) is 0 Å². The maximum atomic E-state index is 12.1. The second kappa shape index (κ2) is 10.2. The first kappa shape index (κ1) is 23.4. The van der Waals surface area contributed by atoms with Gasteiger partial charge in [0.15, 0.2) is 0 Å². The molecule has 0 aromatic rings. The maximum absolute atomic E-state index is 12.1. The third-order valence-electron chi connectivity index (χ3n) is 4.64. The summed E-state index contributed by atoms with van der Waals surface area (Å²) >= 11 is 0. The molecular formula is C21H38O7. The predicted octanol–water partition coefficient (Wildman–Crippen LogP) is 5.26. The molecule has 0 unspecified atom stereocenters. The van der Waals surface area contributed by atoms with Crippen LogP contribution < -0.4 is 0 Å². The fourth-order valence-electron chi connectivity index (χ4n) is 3.22. The Morgan fingerprint density at radius 1 is 0.571 bits per heavy atom. The highest BCUT2D eigenvalue weighted by molar-refractivity contribution is 5.60. The topological polar surface area (TPSA) is 72.5 Å². The van der Waals surface area contributed by atoms with Crippen LogP contribution in [0.1, 0.15) is 92.9 Å². The van der Waals surface area contributed by atoms with Crippen LogP contribution in [-0.2, 0) is 29.0 Å². The zero-order chi connectivity index (χ0) is 20.8. The van der Waals surface area contributed by atoms with E-state index in [-0.39, 0.29) is 35.6 Å². The Morgan fingerprint density at radius 3 is 1.14 bits per heavy atom. The summed E-state index contributed by atoms with van der Waals surface area (Å²) < 4.78 is 11.0. The van der Waals surface area contributed by atoms with Crippen LogP contribution in [-0.4, -0.2) is 41.8 Å². The van der Waals surface area contributed by atoms with E-state index in [1.165, 1.54) is 0 Å². The molecule has 2 aliphatic carbocycles. The van der Waals surface area contributed by atoms with Crippen LogP contribution in [0, 0.1) is 0 Å². The van der Waals surface area contributed by atoms with Gasteiger partial charge in [-0.25, -0.2) is 24.3 Å². The minimum absolute atomic E-state index is 0.0562. The first-order valence-electron chi connectivity index (χ1n) is 10.6. The van der Waals surface area contributed by atoms with Gasteiger partial charge < -0.3 is 9.47 Å². The minimum atomic E-state index is -0.564. The molecule has 0 heterocycles. The van der Waals surface area contributed by atoms with Gasteiger partial charge in [-0.3, -0.25) is 0 Å². The van der Waals surface area contributed by atoms with Gasteiger partial charge in [0.05, 0.1) is 23.4 Å². The Labute approximate surface area is 169 Å². The molecule has 7 heteroatoms. The summed E-state index contributed by atoms with van der Waals surface area (Å²) in [6.07, 6.45) is 5.62. The van der Waals surface area contributed by atoms with Crippen molar-refractivity contribution in [2.45, 2.75) is 129 Å². The molecule has 0 radical (unpaired) electrons. The lowest BCUT2D eigenvalue weighted by molar-refractivity contribution is -0.377. The van der Waals surface area contributed by atoms with Crippen LogP contribution in [0.15, 0.2) is 0 Å². The smallest absolute Gasteiger partial charge is 0.431 e. The maximum Gasteiger partial charge on any atom is 0.508 e. The molecule has 0 amide bonds. The van der Waals surface area contributed by atoms with Crippen molar-refractivity contribution in [2.75, 3.05) is 0 Å². The van der Waals surface area contributed by atoms with Crippen molar-refractivity contribution >= 4 is 6.16 Å². The van der Waals surface area contributed by atoms with Crippen molar-refractivity contribution in [1.29, 1.82) is 0 Å². The normalized spacial score (nSPS) is 29.4. The molecule has 28 heavy (non-hydrogen) atoms. The summed E-state index contributed by atoms with van der Waals surface area (Å²) in [5, 5.41) is 0. The standard InChI is InChI=1S/C21H38O7/c1-20(2,3)27-25-17-11-7-15(8-12-17)23-19(22)24-16-9-13-18(14-10-16)26-28-21(4,5)6/h15-18H,7-14H2,1-6H3. The van der Waals surface area contributed by atoms with Crippen LogP contribution in [0.4, 0.5) is 4.79 Å². The fraction of sp³-hybridized carbons (Fsp3) is 0.952. The molecular weight excluding hydrogens is 364 g/mol. The van der Waals surface area contributed by atoms with E-state index in [0.29, 0.717) is 0 Å². The van der Waals surface area contributed by atoms with Crippen molar-refractivity contribution in [3.8, 4) is 0 Å². The lowest BCUT2D eigenvalue weighted by Gasteiger charge is -2.31. The lowest BCUT2D eigenvalue weighted by Crippen LogP contribution is -2.33. The van der Waals surface area contributed by atoms with E-state index < -0.39 is 6.16 Å². The number of hydrogen-bond acceptors (Lipinski definition) is 7. The lowest BCUT2D eigenvalue weighted by atomic mass is 9.95. The Hall–Kier alpha value is -0.890. The third kappa shape index (κ3) is 9.54. The van der Waals surface area contributed by atoms with Gasteiger partial charge in [0.1, 0.15) is 12.2 Å². The monoisotopic (exact) mass is 402 g/mol. The molecule has 164 valence electrons. The average Bonchev–Trinajstić information content (AvgIpc) is 2.59. The number of ether oxygens (including phenoxy) is 2. The van der Waals surface area contributed by atoms with Gasteiger partial charge in [0.25, 0.3) is 0 Å². The van der Waals surface area contributed by atoms with E-state index in [1.807, 2.05) is 41.5 Å². The molecule has 0 spiro atoms. The Balaban J connectivity index is 1.58. The summed E-state index contributed by atoms with van der Waals surface area (Å²) in [5.41, 5.74) is -0.639. The third-order valence-corrected chi connectivity index (χ3v) is 4.64. The van der Waals surface area contributed by atoms with Crippen LogP contribution in [0.5, 0.6) is 0 Å². The van der Waals surface area contributed by atoms with Gasteiger partial charge in [-0.15, -0.1) is 0 Å². The quantitative estimate of drug-likeness (QED) is 0.341. The van der Waals surface area contributed by atoms with Gasteiger partial charge in [0.2, 0.25) is 0 Å². The molecule has 2 saturated carbocycles. The number of carbonyl (C=O) groups is 1. The zero-order valence-corrected chi connectivity index (χ0v) is 18.3. The Kier molecular flexibility index (Phi) is 8.55. The van der Waals surface area contributed by atoms with Crippen molar-refractivity contribution in [3.63, 3.8) is 0 Å². The van der Waals surface area contributed by atoms with Crippen LogP contribution in [0.3, 0.4) is 0 Å². The van der Waals surface area contributed by atoms with Gasteiger partial charge in [-0.1, -0.05) is 0 Å². The minimum Gasteiger partial charge on any atom is -0.431 e. The van der Waals surface area contributed by atoms with Gasteiger partial charge in [-0.2, -0.15) is 0 Å². The van der Waals surface area contributed by atoms with E-state index >= 15 is 0 Å². The molecule has 0 bridgehead atoms. The zero-order valence-electron chi connectivity index (χ0n) is 18.3. The highest BCUT2D eigenvalue weighted by Gasteiger charge is 2.30. The fourth-order valence-corrected chi connectivity index (χ4v) is 3.22. The van der Waals surface area contributed by atoms with Crippen molar-refractivity contribution in [2.24, 2.45) is 0 Å². The molecule has 2 fully saturated rings. The molecule has 0 N–H and O–H groups in total. The number of carbonyl (C=O) groups excluding carboxylic acids is 1. The molecule has 0 aromatic heterocycles. The van der Waals surface area contributed by atoms with E-state index in [0.717, 1.165) is 51.4 Å². The first-order valence-corrected chi connectivity index (χ1v) is 10.6. The Bertz CT molecular complexity index is 422. The Morgan fingerprint density at radius 2 is 0.857 bits per heavy atom.